The number of carbonyl (C=O) groups excluding carboxylic acids is 1. The minimum absolute atomic E-state index is 0.704. The molecule has 1 aromatic heterocycles. The Morgan fingerprint density at radius 2 is 1.09 bits per heavy atom. The average molecular weight is 508 g/mol. The molecule has 17 heteroatoms. The van der Waals surface area contributed by atoms with Crippen molar-refractivity contribution < 1.29 is 66.3 Å². The molecule has 1 heterocycles. The highest BCUT2D eigenvalue weighted by Gasteiger charge is 2.77. The zero-order valence-electron chi connectivity index (χ0n) is 15.1. The summed E-state index contributed by atoms with van der Waals surface area (Å²) in [4.78, 5) is 12.3. The van der Waals surface area contributed by atoms with E-state index < -0.39 is 69.6 Å². The molecule has 0 fully saturated rings. The van der Waals surface area contributed by atoms with Gasteiger partial charge in [-0.3, -0.25) is 4.79 Å². The van der Waals surface area contributed by atoms with Crippen LogP contribution in [0, 0.1) is 0 Å². The van der Waals surface area contributed by atoms with Gasteiger partial charge in [-0.1, -0.05) is 18.2 Å². The van der Waals surface area contributed by atoms with Gasteiger partial charge in [0.15, 0.2) is 0 Å². The Kier molecular flexibility index (Phi) is 6.06. The van der Waals surface area contributed by atoms with Crippen LogP contribution in [-0.4, -0.2) is 39.9 Å². The van der Waals surface area contributed by atoms with Gasteiger partial charge < -0.3 is 0 Å². The molecular formula is C16H6F14N2O. The second-order valence-electron chi connectivity index (χ2n) is 6.29. The van der Waals surface area contributed by atoms with Gasteiger partial charge in [-0.2, -0.15) is 71.2 Å². The van der Waals surface area contributed by atoms with E-state index in [1.165, 1.54) is 6.07 Å². The maximum absolute atomic E-state index is 14.2. The number of alkyl halides is 14. The lowest BCUT2D eigenvalue weighted by Gasteiger charge is -2.28. The van der Waals surface area contributed by atoms with Crippen LogP contribution >= 0.6 is 0 Å². The molecule has 0 saturated heterocycles. The van der Waals surface area contributed by atoms with Gasteiger partial charge in [-0.15, -0.1) is 0 Å². The summed E-state index contributed by atoms with van der Waals surface area (Å²) in [7, 11) is 0. The molecule has 0 aliphatic carbocycles. The molecule has 0 radical (unpaired) electrons. The molecular weight excluding hydrogens is 502 g/mol. The summed E-state index contributed by atoms with van der Waals surface area (Å²) in [6.45, 7) is 0. The predicted molar refractivity (Wildman–Crippen MR) is 78.2 cm³/mol. The Bertz CT molecular complexity index is 1020. The van der Waals surface area contributed by atoms with Crippen LogP contribution in [-0.2, 0) is 11.8 Å². The van der Waals surface area contributed by atoms with Gasteiger partial charge in [0.2, 0.25) is 0 Å². The van der Waals surface area contributed by atoms with Crippen LogP contribution in [0.1, 0.15) is 21.7 Å². The fourth-order valence-electron chi connectivity index (χ4n) is 2.29. The summed E-state index contributed by atoms with van der Waals surface area (Å²) in [5.74, 6) is -29.4. The zero-order chi connectivity index (χ0) is 25.8. The minimum Gasteiger partial charge on any atom is -0.267 e. The lowest BCUT2D eigenvalue weighted by molar-refractivity contribution is -0.361. The molecule has 0 aliphatic rings. The van der Waals surface area contributed by atoms with Gasteiger partial charge >= 0.3 is 36.0 Å². The fourth-order valence-corrected chi connectivity index (χ4v) is 2.29. The number of halogens is 14. The van der Waals surface area contributed by atoms with Crippen molar-refractivity contribution >= 4 is 5.91 Å². The van der Waals surface area contributed by atoms with E-state index in [-0.39, 0.29) is 0 Å². The molecule has 2 aromatic rings. The van der Waals surface area contributed by atoms with E-state index in [0.29, 0.717) is 12.1 Å². The van der Waals surface area contributed by atoms with Gasteiger partial charge in [-0.25, -0.2) is 0 Å². The second kappa shape index (κ2) is 7.58. The first kappa shape index (κ1) is 26.4. The van der Waals surface area contributed by atoms with E-state index in [1.807, 2.05) is 0 Å². The molecule has 33 heavy (non-hydrogen) atoms. The molecule has 2 rings (SSSR count). The minimum atomic E-state index is -7.09. The van der Waals surface area contributed by atoms with Gasteiger partial charge in [-0.05, 0) is 18.2 Å². The average Bonchev–Trinajstić information content (AvgIpc) is 3.13. The summed E-state index contributed by atoms with van der Waals surface area (Å²) < 4.78 is 183. The first-order valence-corrected chi connectivity index (χ1v) is 7.96. The molecule has 0 bridgehead atoms. The van der Waals surface area contributed by atoms with Crippen molar-refractivity contribution in [1.82, 2.24) is 9.78 Å². The van der Waals surface area contributed by atoms with Crippen molar-refractivity contribution in [3.05, 3.63) is 53.3 Å². The molecule has 0 saturated carbocycles. The van der Waals surface area contributed by atoms with Crippen molar-refractivity contribution in [1.29, 1.82) is 0 Å². The molecule has 3 nitrogen and oxygen atoms in total. The molecule has 0 amide bonds. The monoisotopic (exact) mass is 508 g/mol. The van der Waals surface area contributed by atoms with E-state index in [0.717, 1.165) is 12.1 Å². The first-order valence-electron chi connectivity index (χ1n) is 7.96. The van der Waals surface area contributed by atoms with Crippen molar-refractivity contribution in [2.24, 2.45) is 0 Å². The van der Waals surface area contributed by atoms with E-state index in [4.69, 9.17) is 0 Å². The smallest absolute Gasteiger partial charge is 0.267 e. The van der Waals surface area contributed by atoms with Crippen LogP contribution in [0.5, 0.6) is 0 Å². The number of hydrogen-bond acceptors (Lipinski definition) is 2. The highest BCUT2D eigenvalue weighted by Crippen LogP contribution is 2.55. The number of aromatic nitrogens is 2. The Balaban J connectivity index is 2.85. The lowest BCUT2D eigenvalue weighted by Crippen LogP contribution is -2.51. The standard InChI is InChI=1S/C16H6F14N2O/c17-11(18,13(21,22)15(25,26)27)8-6-9(12(19,20)14(23,24)16(28,29)30)32(31-8)10(33)7-4-2-1-3-5-7/h1-6H. The highest BCUT2D eigenvalue weighted by atomic mass is 19.4. The summed E-state index contributed by atoms with van der Waals surface area (Å²) >= 11 is 0. The quantitative estimate of drug-likeness (QED) is 0.455. The van der Waals surface area contributed by atoms with E-state index >= 15 is 0 Å². The Labute approximate surface area is 172 Å². The second-order valence-corrected chi connectivity index (χ2v) is 6.29. The molecule has 0 aliphatic heterocycles. The van der Waals surface area contributed by atoms with E-state index in [2.05, 4.69) is 5.10 Å². The Morgan fingerprint density at radius 3 is 1.52 bits per heavy atom. The third kappa shape index (κ3) is 4.01. The highest BCUT2D eigenvalue weighted by molar-refractivity contribution is 5.95. The summed E-state index contributed by atoms with van der Waals surface area (Å²) in [6, 6.07) is 3.29. The van der Waals surface area contributed by atoms with Crippen molar-refractivity contribution in [3.63, 3.8) is 0 Å². The molecule has 184 valence electrons. The fraction of sp³-hybridized carbons (Fsp3) is 0.375. The topological polar surface area (TPSA) is 34.9 Å². The first-order chi connectivity index (χ1) is 14.6. The normalized spacial score (nSPS) is 14.5. The summed E-state index contributed by atoms with van der Waals surface area (Å²) in [6.07, 6.45) is -14.1. The van der Waals surface area contributed by atoms with Crippen LogP contribution < -0.4 is 0 Å². The van der Waals surface area contributed by atoms with Crippen molar-refractivity contribution in [2.75, 3.05) is 0 Å². The molecule has 0 N–H and O–H groups in total. The van der Waals surface area contributed by atoms with E-state index in [1.54, 1.807) is 0 Å². The van der Waals surface area contributed by atoms with Crippen molar-refractivity contribution in [2.45, 2.75) is 36.0 Å². The molecule has 1 aromatic carbocycles. The van der Waals surface area contributed by atoms with Crippen LogP contribution in [0.25, 0.3) is 0 Å². The van der Waals surface area contributed by atoms with Crippen LogP contribution in [0.15, 0.2) is 36.4 Å². The SMILES string of the molecule is O=C(c1ccccc1)n1nc(C(F)(F)C(F)(F)C(F)(F)F)cc1C(F)(F)C(F)(F)C(F)(F)F. The number of nitrogens with zero attached hydrogens (tertiary/aromatic N) is 2. The number of rotatable bonds is 5. The Hall–Kier alpha value is -2.88. The lowest BCUT2D eigenvalue weighted by atomic mass is 10.0. The number of hydrogen-bond donors (Lipinski definition) is 0. The predicted octanol–water partition coefficient (Wildman–Crippen LogP) is 6.15. The maximum atomic E-state index is 14.2. The van der Waals surface area contributed by atoms with Crippen LogP contribution in [0.2, 0.25) is 0 Å². The van der Waals surface area contributed by atoms with Gasteiger partial charge in [0.25, 0.3) is 5.91 Å². The largest absolute Gasteiger partial charge is 0.460 e. The third-order valence-electron chi connectivity index (χ3n) is 4.07. The van der Waals surface area contributed by atoms with Crippen LogP contribution in [0.3, 0.4) is 0 Å². The summed E-state index contributed by atoms with van der Waals surface area (Å²) in [5, 5.41) is 2.16. The molecule has 0 unspecified atom stereocenters. The zero-order valence-corrected chi connectivity index (χ0v) is 15.1. The molecule has 0 spiro atoms. The third-order valence-corrected chi connectivity index (χ3v) is 4.07. The van der Waals surface area contributed by atoms with Gasteiger partial charge in [0.05, 0.1) is 0 Å². The summed E-state index contributed by atoms with van der Waals surface area (Å²) in [5.41, 5.74) is -6.88. The molecule has 0 atom stereocenters. The van der Waals surface area contributed by atoms with Crippen molar-refractivity contribution in [3.8, 4) is 0 Å². The van der Waals surface area contributed by atoms with Gasteiger partial charge in [0, 0.05) is 5.56 Å². The Morgan fingerprint density at radius 1 is 0.667 bits per heavy atom. The van der Waals surface area contributed by atoms with E-state index in [9.17, 15) is 66.3 Å². The number of benzene rings is 1. The maximum Gasteiger partial charge on any atom is 0.460 e. The van der Waals surface area contributed by atoms with Crippen LogP contribution in [0.4, 0.5) is 61.5 Å². The number of carbonyl (C=O) groups is 1. The van der Waals surface area contributed by atoms with Gasteiger partial charge in [0.1, 0.15) is 11.4 Å².